The number of H-pyrrole nitrogens is 1. The number of benzene rings is 2. The Morgan fingerprint density at radius 2 is 1.76 bits per heavy atom. The van der Waals surface area contributed by atoms with Crippen LogP contribution in [0, 0.1) is 29.4 Å². The number of amides is 2. The normalized spacial score (nSPS) is 18.1. The number of likely N-dealkylation sites (tertiary alicyclic amines) is 1. The predicted octanol–water partition coefficient (Wildman–Crippen LogP) is 4.36. The third-order valence-corrected chi connectivity index (χ3v) is 9.31. The number of anilines is 2. The zero-order chi connectivity index (χ0) is 34.0. The first kappa shape index (κ1) is 31.8. The second-order valence-electron chi connectivity index (χ2n) is 12.4. The summed E-state index contributed by atoms with van der Waals surface area (Å²) in [6.45, 7) is 3.64. The van der Waals surface area contributed by atoms with Gasteiger partial charge in [-0.05, 0) is 61.5 Å². The van der Waals surface area contributed by atoms with Crippen LogP contribution in [-0.4, -0.2) is 92.6 Å². The summed E-state index contributed by atoms with van der Waals surface area (Å²) in [7, 11) is 0. The minimum absolute atomic E-state index is 0.0154. The Bertz CT molecular complexity index is 2040. The van der Waals surface area contributed by atoms with E-state index in [4.69, 9.17) is 6.42 Å². The monoisotopic (exact) mass is 661 g/mol. The number of nitrogens with zero attached hydrogens (tertiary/aromatic N) is 7. The highest BCUT2D eigenvalue weighted by Gasteiger charge is 2.44. The Hall–Kier alpha value is -5.74. The van der Waals surface area contributed by atoms with Crippen molar-refractivity contribution in [1.29, 1.82) is 0 Å². The molecule has 0 bridgehead atoms. The Morgan fingerprint density at radius 3 is 2.49 bits per heavy atom. The molecule has 5 aromatic rings. The van der Waals surface area contributed by atoms with Gasteiger partial charge in [-0.3, -0.25) is 24.6 Å². The van der Waals surface area contributed by atoms with Crippen LogP contribution in [0.1, 0.15) is 12.8 Å². The van der Waals surface area contributed by atoms with E-state index in [0.29, 0.717) is 79.4 Å². The number of hydrogen-bond acceptors (Lipinski definition) is 8. The SMILES string of the molecule is C#CCC1(C(=O)Nc2ccc3[nH]nc(-c4ccncc4F)c3c2)CCN(CC(=O)N2CCN(c3ccc(-c4ncc(F)cn4)cc3)CC2)C1. The Morgan fingerprint density at radius 1 is 0.980 bits per heavy atom. The molecule has 7 rings (SSSR count). The summed E-state index contributed by atoms with van der Waals surface area (Å²) < 4.78 is 27.7. The molecule has 11 nitrogen and oxygen atoms in total. The van der Waals surface area contributed by atoms with E-state index in [1.165, 1.54) is 6.20 Å². The smallest absolute Gasteiger partial charge is 0.236 e. The van der Waals surface area contributed by atoms with Crippen molar-refractivity contribution in [2.24, 2.45) is 5.41 Å². The van der Waals surface area contributed by atoms with E-state index in [-0.39, 0.29) is 24.8 Å². The fraction of sp³-hybridized carbons (Fsp3) is 0.278. The van der Waals surface area contributed by atoms with Crippen molar-refractivity contribution in [3.8, 4) is 35.0 Å². The third-order valence-electron chi connectivity index (χ3n) is 9.31. The quantitative estimate of drug-likeness (QED) is 0.235. The van der Waals surface area contributed by atoms with Crippen molar-refractivity contribution in [3.05, 3.63) is 85.0 Å². The molecule has 0 saturated carbocycles. The van der Waals surface area contributed by atoms with Crippen LogP contribution in [0.4, 0.5) is 20.2 Å². The molecule has 2 N–H and O–H groups in total. The van der Waals surface area contributed by atoms with Crippen LogP contribution in [-0.2, 0) is 9.59 Å². The Kier molecular flexibility index (Phi) is 8.71. The summed E-state index contributed by atoms with van der Waals surface area (Å²) >= 11 is 0. The zero-order valence-corrected chi connectivity index (χ0v) is 26.6. The molecule has 5 heterocycles. The van der Waals surface area contributed by atoms with Crippen LogP contribution in [0.2, 0.25) is 0 Å². The fourth-order valence-corrected chi connectivity index (χ4v) is 6.61. The van der Waals surface area contributed by atoms with Crippen molar-refractivity contribution < 1.29 is 18.4 Å². The average molecular weight is 662 g/mol. The zero-order valence-electron chi connectivity index (χ0n) is 26.6. The number of pyridine rings is 1. The molecular formula is C36H33F2N9O2. The van der Waals surface area contributed by atoms with Gasteiger partial charge in [-0.15, -0.1) is 12.3 Å². The van der Waals surface area contributed by atoms with E-state index in [1.807, 2.05) is 34.1 Å². The lowest BCUT2D eigenvalue weighted by molar-refractivity contribution is -0.133. The molecule has 2 aliphatic rings. The summed E-state index contributed by atoms with van der Waals surface area (Å²) in [5, 5.41) is 10.9. The molecule has 3 aromatic heterocycles. The summed E-state index contributed by atoms with van der Waals surface area (Å²) in [5.74, 6) is 1.96. The van der Waals surface area contributed by atoms with Gasteiger partial charge < -0.3 is 15.1 Å². The van der Waals surface area contributed by atoms with Gasteiger partial charge in [0.2, 0.25) is 11.8 Å². The van der Waals surface area contributed by atoms with Gasteiger partial charge in [-0.1, -0.05) is 0 Å². The summed E-state index contributed by atoms with van der Waals surface area (Å²) in [6, 6.07) is 14.6. The number of carbonyl (C=O) groups excluding carboxylic acids is 2. The number of aromatic amines is 1. The molecule has 1 unspecified atom stereocenters. The number of piperazine rings is 1. The van der Waals surface area contributed by atoms with Crippen molar-refractivity contribution in [3.63, 3.8) is 0 Å². The minimum atomic E-state index is -0.857. The molecule has 1 atom stereocenters. The van der Waals surface area contributed by atoms with Gasteiger partial charge in [0.05, 0.1) is 36.1 Å². The number of halogens is 2. The Labute approximate surface area is 281 Å². The van der Waals surface area contributed by atoms with E-state index >= 15 is 0 Å². The first-order valence-corrected chi connectivity index (χ1v) is 16.0. The minimum Gasteiger partial charge on any atom is -0.368 e. The molecule has 2 fully saturated rings. The largest absolute Gasteiger partial charge is 0.368 e. The maximum absolute atomic E-state index is 14.5. The number of terminal acetylenes is 1. The number of rotatable bonds is 8. The fourth-order valence-electron chi connectivity index (χ4n) is 6.61. The van der Waals surface area contributed by atoms with E-state index in [0.717, 1.165) is 29.8 Å². The van der Waals surface area contributed by atoms with Crippen LogP contribution in [0.15, 0.2) is 73.3 Å². The lowest BCUT2D eigenvalue weighted by Gasteiger charge is -2.37. The molecule has 2 aliphatic heterocycles. The van der Waals surface area contributed by atoms with Gasteiger partial charge in [-0.2, -0.15) is 5.10 Å². The first-order chi connectivity index (χ1) is 23.8. The maximum Gasteiger partial charge on any atom is 0.236 e. The predicted molar refractivity (Wildman–Crippen MR) is 181 cm³/mol. The van der Waals surface area contributed by atoms with Crippen LogP contribution in [0.25, 0.3) is 33.5 Å². The van der Waals surface area contributed by atoms with Crippen molar-refractivity contribution in [2.45, 2.75) is 12.8 Å². The number of carbonyl (C=O) groups is 2. The molecular weight excluding hydrogens is 628 g/mol. The van der Waals surface area contributed by atoms with E-state index in [9.17, 15) is 18.4 Å². The topological polar surface area (TPSA) is 123 Å². The molecule has 0 aliphatic carbocycles. The summed E-state index contributed by atoms with van der Waals surface area (Å²) in [6.07, 6.45) is 11.4. The van der Waals surface area contributed by atoms with Crippen molar-refractivity contribution in [2.75, 3.05) is 56.0 Å². The lowest BCUT2D eigenvalue weighted by atomic mass is 9.82. The number of fused-ring (bicyclic) bond motifs is 1. The van der Waals surface area contributed by atoms with Gasteiger partial charge in [0.15, 0.2) is 17.5 Å². The first-order valence-electron chi connectivity index (χ1n) is 16.0. The molecule has 49 heavy (non-hydrogen) atoms. The van der Waals surface area contributed by atoms with Gasteiger partial charge in [-0.25, -0.2) is 18.7 Å². The third kappa shape index (κ3) is 6.55. The van der Waals surface area contributed by atoms with Crippen LogP contribution in [0.3, 0.4) is 0 Å². The standard InChI is InChI=1S/C36H33F2N9O2/c1-2-10-36(35(49)42-26-5-8-31-29(18-26)33(44-43-31)28-9-12-39-21-30(28)38)11-13-45(23-36)22-32(48)47-16-14-46(15-17-47)27-6-3-24(4-7-27)34-40-19-25(37)20-41-34/h1,3-9,12,18-21H,10-11,13-17,22-23H2,(H,42,49)(H,43,44). The average Bonchev–Trinajstić information content (AvgIpc) is 3.73. The number of nitrogens with one attached hydrogen (secondary N) is 2. The Balaban J connectivity index is 0.954. The molecule has 248 valence electrons. The van der Waals surface area contributed by atoms with Crippen molar-refractivity contribution >= 4 is 34.1 Å². The number of aromatic nitrogens is 5. The highest BCUT2D eigenvalue weighted by molar-refractivity contribution is 6.00. The molecule has 0 radical (unpaired) electrons. The van der Waals surface area contributed by atoms with E-state index in [1.54, 1.807) is 24.3 Å². The van der Waals surface area contributed by atoms with Crippen molar-refractivity contribution in [1.82, 2.24) is 34.9 Å². The van der Waals surface area contributed by atoms with Crippen LogP contribution < -0.4 is 10.2 Å². The highest BCUT2D eigenvalue weighted by Crippen LogP contribution is 2.36. The van der Waals surface area contributed by atoms with Gasteiger partial charge in [0.1, 0.15) is 5.69 Å². The molecule has 2 amide bonds. The molecule has 0 spiro atoms. The van der Waals surface area contributed by atoms with Crippen LogP contribution >= 0.6 is 0 Å². The lowest BCUT2D eigenvalue weighted by Crippen LogP contribution is -2.51. The van der Waals surface area contributed by atoms with Gasteiger partial charge in [0.25, 0.3) is 0 Å². The molecule has 13 heteroatoms. The maximum atomic E-state index is 14.5. The second kappa shape index (κ2) is 13.4. The van der Waals surface area contributed by atoms with E-state index < -0.39 is 17.0 Å². The molecule has 2 saturated heterocycles. The number of hydrogen-bond donors (Lipinski definition) is 2. The summed E-state index contributed by atoms with van der Waals surface area (Å²) in [5.41, 5.74) is 2.92. The molecule has 2 aromatic carbocycles. The van der Waals surface area contributed by atoms with E-state index in [2.05, 4.69) is 41.3 Å². The van der Waals surface area contributed by atoms with Gasteiger partial charge in [0, 0.05) is 73.2 Å². The van der Waals surface area contributed by atoms with Gasteiger partial charge >= 0.3 is 0 Å². The second-order valence-corrected chi connectivity index (χ2v) is 12.4. The van der Waals surface area contributed by atoms with Crippen LogP contribution in [0.5, 0.6) is 0 Å². The highest BCUT2D eigenvalue weighted by atomic mass is 19.1. The summed E-state index contributed by atoms with van der Waals surface area (Å²) in [4.78, 5) is 45.1.